The van der Waals surface area contributed by atoms with Crippen LogP contribution in [0.4, 0.5) is 4.79 Å². The summed E-state index contributed by atoms with van der Waals surface area (Å²) < 4.78 is 5.53. The number of urea groups is 1. The normalized spacial score (nSPS) is 26.2. The Morgan fingerprint density at radius 1 is 1.00 bits per heavy atom. The Kier molecular flexibility index (Phi) is 10.3. The summed E-state index contributed by atoms with van der Waals surface area (Å²) in [5.41, 5.74) is 4.51. The third-order valence-electron chi connectivity index (χ3n) is 9.82. The van der Waals surface area contributed by atoms with E-state index in [1.165, 1.54) is 11.0 Å². The van der Waals surface area contributed by atoms with Gasteiger partial charge in [0.15, 0.2) is 0 Å². The van der Waals surface area contributed by atoms with Crippen LogP contribution in [0.15, 0.2) is 12.7 Å². The van der Waals surface area contributed by atoms with E-state index in [-0.39, 0.29) is 29.3 Å². The van der Waals surface area contributed by atoms with Gasteiger partial charge in [0.1, 0.15) is 24.2 Å². The third kappa shape index (κ3) is 8.43. The highest BCUT2D eigenvalue weighted by Crippen LogP contribution is 2.51. The fraction of sp³-hybridized carbons (Fsp3) is 0.758. The number of Topliss-reactive ketones (excluding diaryl/α,β-unsaturated/α-hetero) is 1. The van der Waals surface area contributed by atoms with E-state index in [2.05, 4.69) is 36.4 Å². The SMILES string of the molecule is C=C[C@H](NC(=O)N[C@H](C(=O)N1C[C@@H]2CC(C)(C)C[C@@H]2[C@H]1C(=O)NC(CC1CC1)C(=O)C(N)=O)C(C)(C)C)C(=O)OC1CCCC1. The number of ketones is 1. The van der Waals surface area contributed by atoms with Gasteiger partial charge in [-0.25, -0.2) is 9.59 Å². The largest absolute Gasteiger partial charge is 0.461 e. The van der Waals surface area contributed by atoms with Gasteiger partial charge >= 0.3 is 12.0 Å². The number of nitrogens with one attached hydrogen (secondary N) is 3. The lowest BCUT2D eigenvalue weighted by atomic mass is 9.84. The van der Waals surface area contributed by atoms with E-state index in [0.29, 0.717) is 19.4 Å². The maximum atomic E-state index is 14.3. The van der Waals surface area contributed by atoms with Gasteiger partial charge in [-0.3, -0.25) is 19.2 Å². The fourth-order valence-corrected chi connectivity index (χ4v) is 7.41. The molecule has 0 radical (unpaired) electrons. The van der Waals surface area contributed by atoms with Crippen LogP contribution in [0, 0.1) is 28.6 Å². The standard InChI is InChI=1S/C33H51N5O7/c1-7-22(30(43)45-20-10-8-9-11-20)36-31(44)37-26(32(2,3)4)29(42)38-17-19-15-33(5,6)16-21(19)24(38)28(41)35-23(14-18-12-13-18)25(39)27(34)40/h7,18-24,26H,1,8-17H2,2-6H3,(H2,34,40)(H,35,41)(H2,36,37,44)/t19-,21-,22-,23?,24-,26+/m0/s1. The molecule has 250 valence electrons. The molecule has 45 heavy (non-hydrogen) atoms. The van der Waals surface area contributed by atoms with Crippen molar-refractivity contribution in [1.82, 2.24) is 20.9 Å². The molecular formula is C33H51N5O7. The minimum atomic E-state index is -1.10. The van der Waals surface area contributed by atoms with Crippen LogP contribution in [0.5, 0.6) is 0 Å². The minimum Gasteiger partial charge on any atom is -0.461 e. The molecule has 1 saturated heterocycles. The first-order valence-electron chi connectivity index (χ1n) is 16.4. The molecule has 5 N–H and O–H groups in total. The van der Waals surface area contributed by atoms with Crippen molar-refractivity contribution >= 4 is 35.5 Å². The average molecular weight is 630 g/mol. The van der Waals surface area contributed by atoms with Crippen molar-refractivity contribution < 1.29 is 33.5 Å². The number of likely N-dealkylation sites (tertiary alicyclic amines) is 1. The molecule has 0 spiro atoms. The molecule has 12 nitrogen and oxygen atoms in total. The molecule has 0 aromatic heterocycles. The molecule has 1 unspecified atom stereocenters. The number of carbonyl (C=O) groups is 6. The predicted octanol–water partition coefficient (Wildman–Crippen LogP) is 2.34. The first kappa shape index (κ1) is 34.4. The minimum absolute atomic E-state index is 0.0339. The van der Waals surface area contributed by atoms with Gasteiger partial charge in [0.2, 0.25) is 17.6 Å². The predicted molar refractivity (Wildman–Crippen MR) is 166 cm³/mol. The summed E-state index contributed by atoms with van der Waals surface area (Å²) in [5.74, 6) is -3.35. The maximum absolute atomic E-state index is 14.3. The molecule has 0 aromatic rings. The second kappa shape index (κ2) is 13.5. The van der Waals surface area contributed by atoms with Crippen LogP contribution < -0.4 is 21.7 Å². The van der Waals surface area contributed by atoms with Gasteiger partial charge in [-0.05, 0) is 73.5 Å². The topological polar surface area (TPSA) is 177 Å². The van der Waals surface area contributed by atoms with Crippen LogP contribution in [0.25, 0.3) is 0 Å². The first-order chi connectivity index (χ1) is 21.0. The van der Waals surface area contributed by atoms with Crippen molar-refractivity contribution in [3.8, 4) is 0 Å². The van der Waals surface area contributed by atoms with Gasteiger partial charge in [0.05, 0.1) is 6.04 Å². The van der Waals surface area contributed by atoms with Crippen molar-refractivity contribution in [3.05, 3.63) is 12.7 Å². The summed E-state index contributed by atoms with van der Waals surface area (Å²) in [6, 6.07) is -4.82. The number of carbonyl (C=O) groups excluding carboxylic acids is 6. The van der Waals surface area contributed by atoms with E-state index in [1.54, 1.807) is 0 Å². The Morgan fingerprint density at radius 3 is 2.20 bits per heavy atom. The van der Waals surface area contributed by atoms with E-state index >= 15 is 0 Å². The Bertz CT molecular complexity index is 1200. The molecule has 3 saturated carbocycles. The van der Waals surface area contributed by atoms with Crippen LogP contribution in [-0.4, -0.2) is 77.2 Å². The van der Waals surface area contributed by atoms with Crippen molar-refractivity contribution in [3.63, 3.8) is 0 Å². The molecule has 3 aliphatic carbocycles. The molecule has 4 fully saturated rings. The number of ether oxygens (including phenoxy) is 1. The van der Waals surface area contributed by atoms with Crippen LogP contribution in [0.1, 0.15) is 92.4 Å². The van der Waals surface area contributed by atoms with Gasteiger partial charge in [-0.2, -0.15) is 0 Å². The second-order valence-corrected chi connectivity index (χ2v) is 15.4. The Balaban J connectivity index is 1.52. The highest BCUT2D eigenvalue weighted by molar-refractivity contribution is 6.37. The lowest BCUT2D eigenvalue weighted by molar-refractivity contribution is -0.149. The summed E-state index contributed by atoms with van der Waals surface area (Å²) in [6.45, 7) is 13.7. The Hall–Kier alpha value is -3.44. The number of esters is 1. The van der Waals surface area contributed by atoms with E-state index in [9.17, 15) is 28.8 Å². The molecule has 4 rings (SSSR count). The second-order valence-electron chi connectivity index (χ2n) is 15.4. The summed E-state index contributed by atoms with van der Waals surface area (Å²) in [5, 5.41) is 8.11. The number of fused-ring (bicyclic) bond motifs is 1. The molecule has 1 heterocycles. The molecular weight excluding hydrogens is 578 g/mol. The molecule has 12 heteroatoms. The van der Waals surface area contributed by atoms with Crippen LogP contribution in [0.3, 0.4) is 0 Å². The monoisotopic (exact) mass is 629 g/mol. The maximum Gasteiger partial charge on any atom is 0.333 e. The number of nitrogens with zero attached hydrogens (tertiary/aromatic N) is 1. The molecule has 5 amide bonds. The van der Waals surface area contributed by atoms with E-state index < -0.39 is 65.1 Å². The average Bonchev–Trinajstić information content (AvgIpc) is 3.34. The zero-order valence-corrected chi connectivity index (χ0v) is 27.4. The number of nitrogens with two attached hydrogens (primary N) is 1. The summed E-state index contributed by atoms with van der Waals surface area (Å²) in [7, 11) is 0. The van der Waals surface area contributed by atoms with Gasteiger partial charge in [0, 0.05) is 6.54 Å². The summed E-state index contributed by atoms with van der Waals surface area (Å²) >= 11 is 0. The number of primary amides is 1. The van der Waals surface area contributed by atoms with Gasteiger partial charge in [-0.15, -0.1) is 6.58 Å². The van der Waals surface area contributed by atoms with Crippen molar-refractivity contribution in [2.24, 2.45) is 34.3 Å². The van der Waals surface area contributed by atoms with Crippen molar-refractivity contribution in [2.45, 2.75) is 123 Å². The number of rotatable bonds is 12. The molecule has 6 atom stereocenters. The highest BCUT2D eigenvalue weighted by Gasteiger charge is 2.56. The Morgan fingerprint density at radius 2 is 1.64 bits per heavy atom. The third-order valence-corrected chi connectivity index (χ3v) is 9.82. The first-order valence-corrected chi connectivity index (χ1v) is 16.4. The van der Waals surface area contributed by atoms with Gasteiger partial charge in [-0.1, -0.05) is 53.5 Å². The van der Waals surface area contributed by atoms with Crippen LogP contribution in [0.2, 0.25) is 0 Å². The number of hydrogen-bond acceptors (Lipinski definition) is 7. The lowest BCUT2D eigenvalue weighted by Gasteiger charge is -2.37. The molecule has 1 aliphatic heterocycles. The molecule has 0 bridgehead atoms. The van der Waals surface area contributed by atoms with Crippen molar-refractivity contribution in [2.75, 3.05) is 6.54 Å². The lowest BCUT2D eigenvalue weighted by Crippen LogP contribution is -2.61. The number of amides is 5. The number of hydrogen-bond donors (Lipinski definition) is 4. The van der Waals surface area contributed by atoms with E-state index in [1.807, 2.05) is 20.8 Å². The van der Waals surface area contributed by atoms with Crippen molar-refractivity contribution in [1.29, 1.82) is 0 Å². The zero-order chi connectivity index (χ0) is 33.3. The van der Waals surface area contributed by atoms with Gasteiger partial charge < -0.3 is 31.3 Å². The van der Waals surface area contributed by atoms with E-state index in [0.717, 1.165) is 44.9 Å². The van der Waals surface area contributed by atoms with Crippen LogP contribution >= 0.6 is 0 Å². The Labute approximate surface area is 266 Å². The van der Waals surface area contributed by atoms with Gasteiger partial charge in [0.25, 0.3) is 5.91 Å². The smallest absolute Gasteiger partial charge is 0.333 e. The summed E-state index contributed by atoms with van der Waals surface area (Å²) in [4.78, 5) is 80.2. The molecule has 4 aliphatic rings. The molecule has 0 aromatic carbocycles. The quantitative estimate of drug-likeness (QED) is 0.145. The fourth-order valence-electron chi connectivity index (χ4n) is 7.41. The zero-order valence-electron chi connectivity index (χ0n) is 27.4. The summed E-state index contributed by atoms with van der Waals surface area (Å²) in [6.07, 6.45) is 8.31. The highest BCUT2D eigenvalue weighted by atomic mass is 16.5. The van der Waals surface area contributed by atoms with E-state index in [4.69, 9.17) is 10.5 Å². The van der Waals surface area contributed by atoms with Crippen LogP contribution in [-0.2, 0) is 28.7 Å².